The molecule has 2 rings (SSSR count). The van der Waals surface area contributed by atoms with Crippen molar-refractivity contribution >= 4 is 18.3 Å². The minimum atomic E-state index is -0.324. The molecule has 0 aliphatic heterocycles. The van der Waals surface area contributed by atoms with Crippen LogP contribution in [0.1, 0.15) is 37.9 Å². The van der Waals surface area contributed by atoms with Gasteiger partial charge >= 0.3 is 0 Å². The SMILES string of the molecule is COc1ccccc1CC(NC(=O)C(C)C(N)c1ccccc1)C(C)C.Cl. The number of ether oxygens (including phenoxy) is 1. The maximum Gasteiger partial charge on any atom is 0.224 e. The largest absolute Gasteiger partial charge is 0.496 e. The maximum atomic E-state index is 12.8. The summed E-state index contributed by atoms with van der Waals surface area (Å²) < 4.78 is 5.44. The summed E-state index contributed by atoms with van der Waals surface area (Å²) in [4.78, 5) is 12.8. The van der Waals surface area contributed by atoms with Crippen molar-refractivity contribution in [2.45, 2.75) is 39.3 Å². The van der Waals surface area contributed by atoms with Crippen LogP contribution in [0, 0.1) is 11.8 Å². The van der Waals surface area contributed by atoms with Crippen LogP contribution in [-0.2, 0) is 11.2 Å². The number of para-hydroxylation sites is 1. The van der Waals surface area contributed by atoms with Gasteiger partial charge in [0.25, 0.3) is 0 Å². The van der Waals surface area contributed by atoms with Gasteiger partial charge in [-0.15, -0.1) is 12.4 Å². The molecular weight excluding hydrogens is 360 g/mol. The van der Waals surface area contributed by atoms with Crippen molar-refractivity contribution in [3.05, 3.63) is 65.7 Å². The van der Waals surface area contributed by atoms with E-state index in [0.717, 1.165) is 23.3 Å². The van der Waals surface area contributed by atoms with Gasteiger partial charge in [-0.2, -0.15) is 0 Å². The number of hydrogen-bond acceptors (Lipinski definition) is 3. The van der Waals surface area contributed by atoms with Gasteiger partial charge in [0.1, 0.15) is 5.75 Å². The molecule has 0 aliphatic carbocycles. The molecule has 0 radical (unpaired) electrons. The standard InChI is InChI=1S/C22H30N2O2.ClH/c1-15(2)19(14-18-12-8-9-13-20(18)26-4)24-22(25)16(3)21(23)17-10-6-5-7-11-17;/h5-13,15-16,19,21H,14,23H2,1-4H3,(H,24,25);1H. The fraction of sp³-hybridized carbons (Fsp3) is 0.409. The first-order valence-corrected chi connectivity index (χ1v) is 9.16. The van der Waals surface area contributed by atoms with E-state index in [1.54, 1.807) is 7.11 Å². The Morgan fingerprint density at radius 1 is 1.04 bits per heavy atom. The van der Waals surface area contributed by atoms with Gasteiger partial charge in [-0.3, -0.25) is 4.79 Å². The monoisotopic (exact) mass is 390 g/mol. The average molecular weight is 391 g/mol. The topological polar surface area (TPSA) is 64.3 Å². The van der Waals surface area contributed by atoms with Crippen molar-refractivity contribution < 1.29 is 9.53 Å². The molecule has 0 saturated heterocycles. The van der Waals surface area contributed by atoms with Gasteiger partial charge in [-0.1, -0.05) is 69.3 Å². The van der Waals surface area contributed by atoms with Gasteiger partial charge in [-0.25, -0.2) is 0 Å². The van der Waals surface area contributed by atoms with Crippen LogP contribution in [0.3, 0.4) is 0 Å². The van der Waals surface area contributed by atoms with Gasteiger partial charge in [0.05, 0.1) is 13.0 Å². The second-order valence-electron chi connectivity index (χ2n) is 7.10. The molecule has 148 valence electrons. The molecule has 5 heteroatoms. The van der Waals surface area contributed by atoms with Crippen molar-refractivity contribution in [1.82, 2.24) is 5.32 Å². The van der Waals surface area contributed by atoms with Crippen LogP contribution in [-0.4, -0.2) is 19.1 Å². The van der Waals surface area contributed by atoms with E-state index in [1.165, 1.54) is 0 Å². The molecule has 0 spiro atoms. The molecule has 4 nitrogen and oxygen atoms in total. The maximum absolute atomic E-state index is 12.8. The summed E-state index contributed by atoms with van der Waals surface area (Å²) in [7, 11) is 1.67. The zero-order chi connectivity index (χ0) is 19.1. The van der Waals surface area contributed by atoms with Gasteiger partial charge < -0.3 is 15.8 Å². The van der Waals surface area contributed by atoms with Crippen LogP contribution >= 0.6 is 12.4 Å². The van der Waals surface area contributed by atoms with E-state index in [1.807, 2.05) is 61.5 Å². The zero-order valence-corrected chi connectivity index (χ0v) is 17.3. The Bertz CT molecular complexity index is 706. The van der Waals surface area contributed by atoms with Gasteiger partial charge in [0, 0.05) is 12.1 Å². The molecule has 0 aliphatic rings. The van der Waals surface area contributed by atoms with Crippen molar-refractivity contribution in [2.75, 3.05) is 7.11 Å². The van der Waals surface area contributed by atoms with Crippen LogP contribution < -0.4 is 15.8 Å². The quantitative estimate of drug-likeness (QED) is 0.712. The van der Waals surface area contributed by atoms with E-state index in [2.05, 4.69) is 19.2 Å². The summed E-state index contributed by atoms with van der Waals surface area (Å²) in [5.41, 5.74) is 8.37. The number of nitrogens with one attached hydrogen (secondary N) is 1. The predicted molar refractivity (Wildman–Crippen MR) is 113 cm³/mol. The summed E-state index contributed by atoms with van der Waals surface area (Å²) >= 11 is 0. The number of hydrogen-bond donors (Lipinski definition) is 2. The number of nitrogens with two attached hydrogens (primary N) is 1. The second kappa shape index (κ2) is 11.0. The van der Waals surface area contributed by atoms with Crippen LogP contribution in [0.4, 0.5) is 0 Å². The molecule has 2 aromatic carbocycles. The number of methoxy groups -OCH3 is 1. The lowest BCUT2D eigenvalue weighted by molar-refractivity contribution is -0.126. The van der Waals surface area contributed by atoms with Crippen LogP contribution in [0.15, 0.2) is 54.6 Å². The Labute approximate surface area is 168 Å². The van der Waals surface area contributed by atoms with Crippen molar-refractivity contribution in [3.63, 3.8) is 0 Å². The molecule has 27 heavy (non-hydrogen) atoms. The van der Waals surface area contributed by atoms with E-state index in [9.17, 15) is 4.79 Å². The number of carbonyl (C=O) groups is 1. The molecular formula is C22H31ClN2O2. The number of halogens is 1. The summed E-state index contributed by atoms with van der Waals surface area (Å²) in [6, 6.07) is 17.4. The average Bonchev–Trinajstić information content (AvgIpc) is 2.67. The van der Waals surface area contributed by atoms with E-state index in [0.29, 0.717) is 5.92 Å². The highest BCUT2D eigenvalue weighted by atomic mass is 35.5. The molecule has 3 N–H and O–H groups in total. The number of carbonyl (C=O) groups excluding carboxylic acids is 1. The van der Waals surface area contributed by atoms with Crippen LogP contribution in [0.2, 0.25) is 0 Å². The number of benzene rings is 2. The minimum Gasteiger partial charge on any atom is -0.496 e. The third kappa shape index (κ3) is 6.26. The third-order valence-electron chi connectivity index (χ3n) is 4.90. The van der Waals surface area contributed by atoms with Gasteiger partial charge in [-0.05, 0) is 29.5 Å². The van der Waals surface area contributed by atoms with Gasteiger partial charge in [0.15, 0.2) is 0 Å². The predicted octanol–water partition coefficient (Wildman–Crippen LogP) is 4.14. The van der Waals surface area contributed by atoms with Crippen molar-refractivity contribution in [3.8, 4) is 5.75 Å². The van der Waals surface area contributed by atoms with E-state index < -0.39 is 0 Å². The Morgan fingerprint density at radius 2 is 1.63 bits per heavy atom. The Kier molecular flexibility index (Phi) is 9.33. The second-order valence-corrected chi connectivity index (χ2v) is 7.10. The van der Waals surface area contributed by atoms with E-state index in [-0.39, 0.29) is 36.3 Å². The lowest BCUT2D eigenvalue weighted by Crippen LogP contribution is -2.44. The lowest BCUT2D eigenvalue weighted by atomic mass is 9.92. The van der Waals surface area contributed by atoms with Crippen LogP contribution in [0.5, 0.6) is 5.75 Å². The molecule has 0 aromatic heterocycles. The number of rotatable bonds is 8. The Morgan fingerprint density at radius 3 is 2.22 bits per heavy atom. The summed E-state index contributed by atoms with van der Waals surface area (Å²) in [5.74, 6) is 0.816. The molecule has 1 amide bonds. The third-order valence-corrected chi connectivity index (χ3v) is 4.90. The summed E-state index contributed by atoms with van der Waals surface area (Å²) in [5, 5.41) is 3.19. The first-order chi connectivity index (χ1) is 12.4. The molecule has 3 unspecified atom stereocenters. The number of amides is 1. The summed E-state index contributed by atoms with van der Waals surface area (Å²) in [6.07, 6.45) is 0.723. The first-order valence-electron chi connectivity index (χ1n) is 9.16. The zero-order valence-electron chi connectivity index (χ0n) is 16.5. The van der Waals surface area contributed by atoms with Crippen molar-refractivity contribution in [1.29, 1.82) is 0 Å². The van der Waals surface area contributed by atoms with Gasteiger partial charge in [0.2, 0.25) is 5.91 Å². The summed E-state index contributed by atoms with van der Waals surface area (Å²) in [6.45, 7) is 6.11. The lowest BCUT2D eigenvalue weighted by Gasteiger charge is -2.27. The fourth-order valence-electron chi connectivity index (χ4n) is 3.00. The van der Waals surface area contributed by atoms with E-state index >= 15 is 0 Å². The fourth-order valence-corrected chi connectivity index (χ4v) is 3.00. The highest BCUT2D eigenvalue weighted by Crippen LogP contribution is 2.23. The molecule has 0 bridgehead atoms. The Balaban J connectivity index is 0.00000364. The minimum absolute atomic E-state index is 0. The first kappa shape index (κ1) is 23.0. The van der Waals surface area contributed by atoms with Crippen LogP contribution in [0.25, 0.3) is 0 Å². The highest BCUT2D eigenvalue weighted by Gasteiger charge is 2.26. The Hall–Kier alpha value is -2.04. The van der Waals surface area contributed by atoms with E-state index in [4.69, 9.17) is 10.5 Å². The molecule has 0 saturated carbocycles. The molecule has 3 atom stereocenters. The molecule has 0 heterocycles. The smallest absolute Gasteiger partial charge is 0.224 e. The normalized spacial score (nSPS) is 14.0. The molecule has 0 fully saturated rings. The van der Waals surface area contributed by atoms with Crippen molar-refractivity contribution in [2.24, 2.45) is 17.6 Å². The highest BCUT2D eigenvalue weighted by molar-refractivity contribution is 5.85. The molecule has 2 aromatic rings.